The molecule has 29 heavy (non-hydrogen) atoms. The average Bonchev–Trinajstić information content (AvgIpc) is 3.44. The van der Waals surface area contributed by atoms with Crippen LogP contribution in [0.3, 0.4) is 0 Å². The monoisotopic (exact) mass is 410 g/mol. The molecule has 3 aromatic rings. The Balaban J connectivity index is 1.49. The molecule has 1 aliphatic rings. The molecule has 3 heterocycles. The molecule has 8 heteroatoms. The molecule has 1 atom stereocenters. The zero-order valence-electron chi connectivity index (χ0n) is 15.8. The first-order chi connectivity index (χ1) is 14.0. The first-order valence-electron chi connectivity index (χ1n) is 9.09. The Hall–Kier alpha value is -3.26. The van der Waals surface area contributed by atoms with Gasteiger partial charge in [0.1, 0.15) is 24.6 Å². The minimum Gasteiger partial charge on any atom is -0.457 e. The lowest BCUT2D eigenvalue weighted by Crippen LogP contribution is -2.48. The van der Waals surface area contributed by atoms with Gasteiger partial charge in [-0.3, -0.25) is 14.5 Å². The van der Waals surface area contributed by atoms with Crippen molar-refractivity contribution in [1.29, 1.82) is 0 Å². The van der Waals surface area contributed by atoms with E-state index in [2.05, 4.69) is 4.98 Å². The maximum Gasteiger partial charge on any atom is 0.330 e. The lowest BCUT2D eigenvalue weighted by atomic mass is 10.0. The number of oxazole rings is 1. The van der Waals surface area contributed by atoms with Crippen LogP contribution in [0.25, 0.3) is 10.8 Å². The number of hydrogen-bond donors (Lipinski definition) is 0. The number of aromatic nitrogens is 1. The third-order valence-corrected chi connectivity index (χ3v) is 5.48. The summed E-state index contributed by atoms with van der Waals surface area (Å²) in [7, 11) is 0. The van der Waals surface area contributed by atoms with E-state index in [-0.39, 0.29) is 12.5 Å². The lowest BCUT2D eigenvalue weighted by Gasteiger charge is -2.27. The van der Waals surface area contributed by atoms with Crippen molar-refractivity contribution < 1.29 is 23.5 Å². The Morgan fingerprint density at radius 3 is 2.41 bits per heavy atom. The number of fused-ring (bicyclic) bond motifs is 1. The molecular formula is C21H18N2O5S. The van der Waals surface area contributed by atoms with Crippen molar-refractivity contribution >= 4 is 29.1 Å². The van der Waals surface area contributed by atoms with Crippen LogP contribution in [0.15, 0.2) is 52.5 Å². The highest BCUT2D eigenvalue weighted by Gasteiger charge is 2.44. The van der Waals surface area contributed by atoms with E-state index in [1.807, 2.05) is 17.5 Å². The number of rotatable bonds is 6. The normalized spacial score (nSPS) is 14.4. The van der Waals surface area contributed by atoms with Crippen molar-refractivity contribution in [3.8, 4) is 10.8 Å². The van der Waals surface area contributed by atoms with E-state index in [9.17, 15) is 14.4 Å². The Morgan fingerprint density at radius 1 is 1.14 bits per heavy atom. The Morgan fingerprint density at radius 2 is 1.83 bits per heavy atom. The Kier molecular flexibility index (Phi) is 5.02. The number of ether oxygens (including phenoxy) is 1. The summed E-state index contributed by atoms with van der Waals surface area (Å²) in [6.45, 7) is 3.42. The van der Waals surface area contributed by atoms with Gasteiger partial charge in [-0.05, 0) is 29.5 Å². The van der Waals surface area contributed by atoms with E-state index >= 15 is 0 Å². The fourth-order valence-electron chi connectivity index (χ4n) is 3.25. The molecule has 4 rings (SSSR count). The van der Waals surface area contributed by atoms with Gasteiger partial charge in [-0.15, -0.1) is 11.3 Å². The first kappa shape index (κ1) is 19.1. The van der Waals surface area contributed by atoms with Gasteiger partial charge in [0.2, 0.25) is 5.89 Å². The van der Waals surface area contributed by atoms with Crippen LogP contribution in [0.1, 0.15) is 40.3 Å². The maximum atomic E-state index is 12.8. The van der Waals surface area contributed by atoms with E-state index < -0.39 is 23.8 Å². The lowest BCUT2D eigenvalue weighted by molar-refractivity contribution is -0.151. The number of thiophene rings is 1. The fourth-order valence-corrected chi connectivity index (χ4v) is 3.91. The quantitative estimate of drug-likeness (QED) is 0.454. The molecule has 0 bridgehead atoms. The third-order valence-electron chi connectivity index (χ3n) is 4.62. The average molecular weight is 410 g/mol. The smallest absolute Gasteiger partial charge is 0.330 e. The van der Waals surface area contributed by atoms with E-state index in [1.54, 1.807) is 38.1 Å². The topological polar surface area (TPSA) is 89.7 Å². The van der Waals surface area contributed by atoms with E-state index in [0.717, 1.165) is 9.78 Å². The molecule has 1 aromatic carbocycles. The van der Waals surface area contributed by atoms with Crippen LogP contribution in [0.5, 0.6) is 0 Å². The zero-order valence-corrected chi connectivity index (χ0v) is 16.6. The Labute approximate surface area is 170 Å². The van der Waals surface area contributed by atoms with E-state index in [1.165, 1.54) is 17.6 Å². The second-order valence-corrected chi connectivity index (χ2v) is 7.89. The van der Waals surface area contributed by atoms with Crippen LogP contribution in [0.2, 0.25) is 0 Å². The molecule has 0 unspecified atom stereocenters. The minimum atomic E-state index is -1.02. The van der Waals surface area contributed by atoms with Crippen LogP contribution in [-0.4, -0.2) is 33.7 Å². The van der Waals surface area contributed by atoms with Gasteiger partial charge in [0.25, 0.3) is 11.8 Å². The number of hydrogen-bond acceptors (Lipinski definition) is 7. The summed E-state index contributed by atoms with van der Waals surface area (Å²) in [5.74, 6) is -1.49. The zero-order chi connectivity index (χ0) is 20.5. The highest BCUT2D eigenvalue weighted by molar-refractivity contribution is 7.13. The molecule has 2 aromatic heterocycles. The second-order valence-electron chi connectivity index (χ2n) is 6.94. The molecule has 7 nitrogen and oxygen atoms in total. The number of carbonyl (C=O) groups excluding carboxylic acids is 3. The number of carbonyl (C=O) groups is 3. The molecular weight excluding hydrogens is 392 g/mol. The van der Waals surface area contributed by atoms with Gasteiger partial charge in [0.15, 0.2) is 0 Å². The van der Waals surface area contributed by atoms with Gasteiger partial charge in [0, 0.05) is 0 Å². The molecule has 0 fully saturated rings. The highest BCUT2D eigenvalue weighted by Crippen LogP contribution is 2.28. The summed E-state index contributed by atoms with van der Waals surface area (Å²) >= 11 is 1.49. The number of amides is 2. The molecule has 0 aliphatic carbocycles. The summed E-state index contributed by atoms with van der Waals surface area (Å²) in [4.78, 5) is 44.4. The molecule has 0 saturated heterocycles. The molecule has 2 amide bonds. The van der Waals surface area contributed by atoms with Crippen LogP contribution in [0, 0.1) is 5.92 Å². The molecule has 1 aliphatic heterocycles. The van der Waals surface area contributed by atoms with Crippen LogP contribution < -0.4 is 0 Å². The van der Waals surface area contributed by atoms with E-state index in [0.29, 0.717) is 22.7 Å². The first-order valence-corrected chi connectivity index (χ1v) is 9.97. The van der Waals surface area contributed by atoms with Crippen LogP contribution in [0.4, 0.5) is 0 Å². The predicted octanol–water partition coefficient (Wildman–Crippen LogP) is 3.77. The molecule has 148 valence electrons. The summed E-state index contributed by atoms with van der Waals surface area (Å²) in [5.41, 5.74) is 1.05. The summed E-state index contributed by atoms with van der Waals surface area (Å²) in [6, 6.07) is 9.28. The predicted molar refractivity (Wildman–Crippen MR) is 105 cm³/mol. The largest absolute Gasteiger partial charge is 0.457 e. The number of benzene rings is 1. The van der Waals surface area contributed by atoms with Gasteiger partial charge in [-0.2, -0.15) is 0 Å². The van der Waals surface area contributed by atoms with Gasteiger partial charge in [-0.1, -0.05) is 32.0 Å². The fraction of sp³-hybridized carbons (Fsp3) is 0.238. The van der Waals surface area contributed by atoms with Crippen molar-refractivity contribution in [2.45, 2.75) is 26.5 Å². The second kappa shape index (κ2) is 7.63. The maximum absolute atomic E-state index is 12.8. The molecule has 0 spiro atoms. The highest BCUT2D eigenvalue weighted by atomic mass is 32.1. The van der Waals surface area contributed by atoms with Crippen LogP contribution in [-0.2, 0) is 16.1 Å². The van der Waals surface area contributed by atoms with Crippen molar-refractivity contribution in [2.24, 2.45) is 5.92 Å². The Bertz CT molecular complexity index is 1040. The summed E-state index contributed by atoms with van der Waals surface area (Å²) < 4.78 is 10.8. The van der Waals surface area contributed by atoms with Gasteiger partial charge in [0.05, 0.1) is 16.0 Å². The standard InChI is InChI=1S/C21H18N2O5S/c1-12(2)17(23-19(24)14-6-3-4-7-15(14)20(23)25)21(26)28-11-13-10-27-18(22-13)16-8-5-9-29-16/h3-10,12,17H,11H2,1-2H3/t17-/m0/s1. The van der Waals surface area contributed by atoms with Crippen molar-refractivity contribution in [2.75, 3.05) is 0 Å². The summed E-state index contributed by atoms with van der Waals surface area (Å²) in [5, 5.41) is 1.91. The van der Waals surface area contributed by atoms with E-state index in [4.69, 9.17) is 9.15 Å². The SMILES string of the molecule is CC(C)[C@@H](C(=O)OCc1coc(-c2cccs2)n1)N1C(=O)c2ccccc2C1=O. The molecule has 0 N–H and O–H groups in total. The number of nitrogens with zero attached hydrogens (tertiary/aromatic N) is 2. The minimum absolute atomic E-state index is 0.111. The number of esters is 1. The van der Waals surface area contributed by atoms with Crippen LogP contribution >= 0.6 is 11.3 Å². The van der Waals surface area contributed by atoms with Crippen molar-refractivity contribution in [3.05, 3.63) is 64.9 Å². The van der Waals surface area contributed by atoms with Gasteiger partial charge < -0.3 is 9.15 Å². The number of imide groups is 1. The third kappa shape index (κ3) is 3.47. The summed E-state index contributed by atoms with van der Waals surface area (Å²) in [6.07, 6.45) is 1.43. The van der Waals surface area contributed by atoms with Gasteiger partial charge >= 0.3 is 5.97 Å². The molecule has 0 radical (unpaired) electrons. The van der Waals surface area contributed by atoms with Crippen molar-refractivity contribution in [3.63, 3.8) is 0 Å². The van der Waals surface area contributed by atoms with Crippen molar-refractivity contribution in [1.82, 2.24) is 9.88 Å². The van der Waals surface area contributed by atoms with Gasteiger partial charge in [-0.25, -0.2) is 9.78 Å². The molecule has 0 saturated carbocycles.